The van der Waals surface area contributed by atoms with E-state index in [2.05, 4.69) is 15.2 Å². The lowest BCUT2D eigenvalue weighted by molar-refractivity contribution is 0.136. The highest BCUT2D eigenvalue weighted by molar-refractivity contribution is 6.35. The topological polar surface area (TPSA) is 68.7 Å². The highest BCUT2D eigenvalue weighted by Gasteiger charge is 2.26. The Labute approximate surface area is 181 Å². The summed E-state index contributed by atoms with van der Waals surface area (Å²) in [5.74, 6) is 0.191. The van der Waals surface area contributed by atoms with Crippen LogP contribution in [0, 0.1) is 0 Å². The third kappa shape index (κ3) is 4.35. The molecule has 0 unspecified atom stereocenters. The number of rotatable bonds is 4. The van der Waals surface area contributed by atoms with E-state index in [0.717, 1.165) is 42.6 Å². The zero-order chi connectivity index (χ0) is 21.1. The second-order valence-electron chi connectivity index (χ2n) is 7.68. The van der Waals surface area contributed by atoms with Crippen LogP contribution < -0.4 is 5.32 Å². The molecule has 1 aliphatic rings. The van der Waals surface area contributed by atoms with E-state index in [4.69, 9.17) is 11.6 Å². The van der Waals surface area contributed by atoms with Gasteiger partial charge >= 0.3 is 6.03 Å². The van der Waals surface area contributed by atoms with Gasteiger partial charge in [-0.1, -0.05) is 29.8 Å². The molecule has 0 spiro atoms. The van der Waals surface area contributed by atoms with E-state index in [-0.39, 0.29) is 17.8 Å². The second-order valence-corrected chi connectivity index (χ2v) is 8.09. The molecule has 0 aliphatic carbocycles. The zero-order valence-electron chi connectivity index (χ0n) is 16.9. The number of carbonyl (C=O) groups excluding carboxylic acids is 1. The van der Waals surface area contributed by atoms with Crippen LogP contribution in [0.1, 0.15) is 18.4 Å². The smallest absolute Gasteiger partial charge is 0.321 e. The lowest BCUT2D eigenvalue weighted by atomic mass is 10.0. The minimum absolute atomic E-state index is 0.0929. The number of phenolic OH excluding ortho intramolecular Hbond substituents is 1. The van der Waals surface area contributed by atoms with Gasteiger partial charge in [-0.2, -0.15) is 0 Å². The van der Waals surface area contributed by atoms with E-state index in [1.54, 1.807) is 11.1 Å². The maximum Gasteiger partial charge on any atom is 0.321 e. The van der Waals surface area contributed by atoms with Gasteiger partial charge in [0.1, 0.15) is 11.3 Å². The number of fused-ring (bicyclic) bond motifs is 1. The Kier molecular flexibility index (Phi) is 6.06. The lowest BCUT2D eigenvalue weighted by Gasteiger charge is -2.36. The second kappa shape index (κ2) is 8.90. The Morgan fingerprint density at radius 3 is 2.70 bits per heavy atom. The number of carbonyl (C=O) groups is 1. The quantitative estimate of drug-likeness (QED) is 0.635. The number of para-hydroxylation sites is 1. The fourth-order valence-electron chi connectivity index (χ4n) is 3.96. The first kappa shape index (κ1) is 20.4. The number of hydrogen-bond donors (Lipinski definition) is 2. The molecular weight excluding hydrogens is 400 g/mol. The molecule has 3 aromatic rings. The number of aromatic hydroxyl groups is 1. The number of phenols is 1. The van der Waals surface area contributed by atoms with Crippen LogP contribution in [-0.2, 0) is 6.54 Å². The molecule has 7 heteroatoms. The lowest BCUT2D eigenvalue weighted by Crippen LogP contribution is -2.46. The molecule has 30 heavy (non-hydrogen) atoms. The van der Waals surface area contributed by atoms with E-state index in [1.807, 2.05) is 55.6 Å². The van der Waals surface area contributed by atoms with Gasteiger partial charge in [-0.3, -0.25) is 9.88 Å². The summed E-state index contributed by atoms with van der Waals surface area (Å²) in [6, 6.07) is 15.1. The molecule has 156 valence electrons. The molecule has 6 nitrogen and oxygen atoms in total. The standard InChI is InChI=1S/C23H25ClN4O2/c1-27(23(30)26-17-6-3-2-4-7-17)18-9-12-28(13-10-18)15-16-14-20(24)19-8-5-11-25-21(19)22(16)29/h2-8,11,14,18,29H,9-10,12-13,15H2,1H3,(H,26,30). The van der Waals surface area contributed by atoms with E-state index in [0.29, 0.717) is 17.1 Å². The molecule has 4 rings (SSSR count). The van der Waals surface area contributed by atoms with Crippen LogP contribution in [0.2, 0.25) is 5.02 Å². The first-order chi connectivity index (χ1) is 14.5. The van der Waals surface area contributed by atoms with Crippen molar-refractivity contribution in [2.75, 3.05) is 25.5 Å². The van der Waals surface area contributed by atoms with Crippen LogP contribution in [0.15, 0.2) is 54.7 Å². The van der Waals surface area contributed by atoms with Gasteiger partial charge in [-0.15, -0.1) is 0 Å². The molecule has 2 N–H and O–H groups in total. The molecule has 1 aromatic heterocycles. The van der Waals surface area contributed by atoms with Gasteiger partial charge < -0.3 is 15.3 Å². The molecule has 1 fully saturated rings. The predicted octanol–water partition coefficient (Wildman–Crippen LogP) is 4.72. The maximum absolute atomic E-state index is 12.5. The van der Waals surface area contributed by atoms with Crippen molar-refractivity contribution in [1.29, 1.82) is 0 Å². The Morgan fingerprint density at radius 2 is 1.97 bits per heavy atom. The summed E-state index contributed by atoms with van der Waals surface area (Å²) in [6.45, 7) is 2.28. The van der Waals surface area contributed by atoms with Crippen LogP contribution in [0.3, 0.4) is 0 Å². The fraction of sp³-hybridized carbons (Fsp3) is 0.304. The largest absolute Gasteiger partial charge is 0.505 e. The van der Waals surface area contributed by atoms with Crippen molar-refractivity contribution in [3.63, 3.8) is 0 Å². The number of anilines is 1. The molecule has 2 amide bonds. The molecule has 1 aliphatic heterocycles. The number of nitrogens with zero attached hydrogens (tertiary/aromatic N) is 3. The Morgan fingerprint density at radius 1 is 1.23 bits per heavy atom. The summed E-state index contributed by atoms with van der Waals surface area (Å²) >= 11 is 6.40. The van der Waals surface area contributed by atoms with Gasteiger partial charge in [0.25, 0.3) is 0 Å². The number of likely N-dealkylation sites (tertiary alicyclic amines) is 1. The Hall–Kier alpha value is -2.83. The van der Waals surface area contributed by atoms with E-state index < -0.39 is 0 Å². The minimum Gasteiger partial charge on any atom is -0.505 e. The number of piperidine rings is 1. The predicted molar refractivity (Wildman–Crippen MR) is 120 cm³/mol. The van der Waals surface area contributed by atoms with Crippen molar-refractivity contribution in [3.8, 4) is 5.75 Å². The van der Waals surface area contributed by atoms with E-state index >= 15 is 0 Å². The molecule has 0 atom stereocenters. The monoisotopic (exact) mass is 424 g/mol. The Bertz CT molecular complexity index is 1040. The van der Waals surface area contributed by atoms with Crippen molar-refractivity contribution >= 4 is 34.2 Å². The summed E-state index contributed by atoms with van der Waals surface area (Å²) in [4.78, 5) is 20.9. The van der Waals surface area contributed by atoms with Crippen LogP contribution >= 0.6 is 11.6 Å². The van der Waals surface area contributed by atoms with Gasteiger partial charge in [-0.25, -0.2) is 4.79 Å². The fourth-order valence-corrected chi connectivity index (χ4v) is 4.25. The van der Waals surface area contributed by atoms with E-state index in [9.17, 15) is 9.90 Å². The number of pyridine rings is 1. The number of nitrogens with one attached hydrogen (secondary N) is 1. The summed E-state index contributed by atoms with van der Waals surface area (Å²) in [6.07, 6.45) is 3.40. The van der Waals surface area contributed by atoms with E-state index in [1.165, 1.54) is 0 Å². The van der Waals surface area contributed by atoms with Gasteiger partial charge in [0, 0.05) is 55.6 Å². The molecule has 1 saturated heterocycles. The SMILES string of the molecule is CN(C(=O)Nc1ccccc1)C1CCN(Cc2cc(Cl)c3cccnc3c2O)CC1. The third-order valence-electron chi connectivity index (χ3n) is 5.74. The van der Waals surface area contributed by atoms with Gasteiger partial charge in [-0.05, 0) is 43.2 Å². The highest BCUT2D eigenvalue weighted by Crippen LogP contribution is 2.34. The molecule has 2 heterocycles. The summed E-state index contributed by atoms with van der Waals surface area (Å²) in [5.41, 5.74) is 2.11. The number of halogens is 1. The average Bonchev–Trinajstić information content (AvgIpc) is 2.78. The minimum atomic E-state index is -0.0929. The third-order valence-corrected chi connectivity index (χ3v) is 6.05. The van der Waals surface area contributed by atoms with Crippen LogP contribution in [-0.4, -0.2) is 52.1 Å². The molecule has 2 aromatic carbocycles. The maximum atomic E-state index is 12.5. The molecule has 0 radical (unpaired) electrons. The van der Waals surface area contributed by atoms with Crippen molar-refractivity contribution in [2.45, 2.75) is 25.4 Å². The van der Waals surface area contributed by atoms with Gasteiger partial charge in [0.2, 0.25) is 0 Å². The van der Waals surface area contributed by atoms with Crippen molar-refractivity contribution in [1.82, 2.24) is 14.8 Å². The average molecular weight is 425 g/mol. The van der Waals surface area contributed by atoms with Crippen LogP contribution in [0.25, 0.3) is 10.9 Å². The van der Waals surface area contributed by atoms with Crippen LogP contribution in [0.4, 0.5) is 10.5 Å². The highest BCUT2D eigenvalue weighted by atomic mass is 35.5. The summed E-state index contributed by atoms with van der Waals surface area (Å²) < 4.78 is 0. The zero-order valence-corrected chi connectivity index (χ0v) is 17.6. The Balaban J connectivity index is 1.36. The molecule has 0 bridgehead atoms. The molecule has 0 saturated carbocycles. The number of hydrogen-bond acceptors (Lipinski definition) is 4. The normalized spacial score (nSPS) is 15.3. The molecular formula is C23H25ClN4O2. The van der Waals surface area contributed by atoms with Crippen molar-refractivity contribution < 1.29 is 9.90 Å². The first-order valence-electron chi connectivity index (χ1n) is 10.1. The number of benzene rings is 2. The summed E-state index contributed by atoms with van der Waals surface area (Å²) in [5, 5.41) is 14.9. The number of aromatic nitrogens is 1. The van der Waals surface area contributed by atoms with Crippen LogP contribution in [0.5, 0.6) is 5.75 Å². The first-order valence-corrected chi connectivity index (χ1v) is 10.5. The summed E-state index contributed by atoms with van der Waals surface area (Å²) in [7, 11) is 1.85. The van der Waals surface area contributed by atoms with Gasteiger partial charge in [0.15, 0.2) is 0 Å². The van der Waals surface area contributed by atoms with Crippen molar-refractivity contribution in [3.05, 3.63) is 65.3 Å². The number of amides is 2. The van der Waals surface area contributed by atoms with Gasteiger partial charge in [0.05, 0.1) is 5.02 Å². The number of urea groups is 1. The van der Waals surface area contributed by atoms with Crippen molar-refractivity contribution in [2.24, 2.45) is 0 Å².